The topological polar surface area (TPSA) is 12.0 Å². The summed E-state index contributed by atoms with van der Waals surface area (Å²) in [6.45, 7) is 7.10. The van der Waals surface area contributed by atoms with Crippen molar-refractivity contribution in [2.24, 2.45) is 0 Å². The maximum atomic E-state index is 4.05. The summed E-state index contributed by atoms with van der Waals surface area (Å²) in [5.74, 6) is 0. The van der Waals surface area contributed by atoms with E-state index in [1.54, 1.807) is 0 Å². The monoisotopic (exact) mass is 185 g/mol. The molecule has 0 fully saturated rings. The summed E-state index contributed by atoms with van der Waals surface area (Å²) >= 11 is 0. The van der Waals surface area contributed by atoms with Gasteiger partial charge in [0.15, 0.2) is 0 Å². The molecule has 1 aromatic carbocycles. The van der Waals surface area contributed by atoms with Gasteiger partial charge in [-0.05, 0) is 24.5 Å². The van der Waals surface area contributed by atoms with E-state index in [1.807, 2.05) is 6.92 Å². The Balaban J connectivity index is 2.57. The van der Waals surface area contributed by atoms with Crippen molar-refractivity contribution in [1.29, 1.82) is 0 Å². The van der Waals surface area contributed by atoms with Gasteiger partial charge in [-0.1, -0.05) is 36.9 Å². The molecule has 0 spiro atoms. The van der Waals surface area contributed by atoms with Crippen LogP contribution in [-0.4, -0.2) is 6.54 Å². The average molecular weight is 185 g/mol. The van der Waals surface area contributed by atoms with Crippen LogP contribution in [0.1, 0.15) is 23.6 Å². The van der Waals surface area contributed by atoms with Crippen molar-refractivity contribution in [2.75, 3.05) is 6.54 Å². The van der Waals surface area contributed by atoms with Crippen LogP contribution >= 0.6 is 0 Å². The van der Waals surface area contributed by atoms with Crippen LogP contribution in [0.4, 0.5) is 0 Å². The number of fused-ring (bicyclic) bond motifs is 1. The lowest BCUT2D eigenvalue weighted by molar-refractivity contribution is 0.815. The molecule has 0 saturated heterocycles. The smallest absolute Gasteiger partial charge is 0.0349 e. The molecular formula is C13H15N. The highest BCUT2D eigenvalue weighted by Gasteiger charge is 2.13. The molecule has 2 rings (SSSR count). The lowest BCUT2D eigenvalue weighted by Crippen LogP contribution is -2.22. The SMILES string of the molecule is C=C1NCCc2cccc(/C=C\C)c21. The molecule has 1 nitrogen and oxygen atoms in total. The largest absolute Gasteiger partial charge is 0.385 e. The molecule has 1 heterocycles. The van der Waals surface area contributed by atoms with Gasteiger partial charge in [0, 0.05) is 17.8 Å². The highest BCUT2D eigenvalue weighted by molar-refractivity contribution is 5.75. The first kappa shape index (κ1) is 9.07. The zero-order chi connectivity index (χ0) is 9.97. The zero-order valence-electron chi connectivity index (χ0n) is 8.51. The Hall–Kier alpha value is -1.50. The van der Waals surface area contributed by atoms with Crippen LogP contribution in [-0.2, 0) is 6.42 Å². The average Bonchev–Trinajstić information content (AvgIpc) is 2.19. The predicted octanol–water partition coefficient (Wildman–Crippen LogP) is 2.84. The van der Waals surface area contributed by atoms with Crippen LogP contribution in [0.2, 0.25) is 0 Å². The van der Waals surface area contributed by atoms with Gasteiger partial charge in [0.05, 0.1) is 0 Å². The van der Waals surface area contributed by atoms with E-state index < -0.39 is 0 Å². The molecule has 0 atom stereocenters. The maximum absolute atomic E-state index is 4.05. The van der Waals surface area contributed by atoms with E-state index in [9.17, 15) is 0 Å². The lowest BCUT2D eigenvalue weighted by atomic mass is 9.93. The quantitative estimate of drug-likeness (QED) is 0.709. The number of allylic oxidation sites excluding steroid dienone is 1. The van der Waals surface area contributed by atoms with Gasteiger partial charge in [-0.3, -0.25) is 0 Å². The van der Waals surface area contributed by atoms with E-state index >= 15 is 0 Å². The van der Waals surface area contributed by atoms with Crippen molar-refractivity contribution < 1.29 is 0 Å². The minimum Gasteiger partial charge on any atom is -0.385 e. The lowest BCUT2D eigenvalue weighted by Gasteiger charge is -2.22. The fourth-order valence-corrected chi connectivity index (χ4v) is 1.95. The van der Waals surface area contributed by atoms with Crippen molar-refractivity contribution in [2.45, 2.75) is 13.3 Å². The van der Waals surface area contributed by atoms with Crippen LogP contribution in [0.15, 0.2) is 30.9 Å². The Morgan fingerprint density at radius 2 is 2.29 bits per heavy atom. The van der Waals surface area contributed by atoms with Gasteiger partial charge < -0.3 is 5.32 Å². The van der Waals surface area contributed by atoms with E-state index in [1.165, 1.54) is 16.7 Å². The van der Waals surface area contributed by atoms with Gasteiger partial charge in [-0.2, -0.15) is 0 Å². The highest BCUT2D eigenvalue weighted by Crippen LogP contribution is 2.25. The van der Waals surface area contributed by atoms with Crippen molar-refractivity contribution >= 4 is 11.8 Å². The van der Waals surface area contributed by atoms with Crippen LogP contribution in [0.25, 0.3) is 11.8 Å². The number of hydrogen-bond donors (Lipinski definition) is 1. The van der Waals surface area contributed by atoms with Crippen molar-refractivity contribution in [3.8, 4) is 0 Å². The van der Waals surface area contributed by atoms with Gasteiger partial charge in [0.2, 0.25) is 0 Å². The Morgan fingerprint density at radius 1 is 1.43 bits per heavy atom. The molecular weight excluding hydrogens is 170 g/mol. The Morgan fingerprint density at radius 3 is 3.07 bits per heavy atom. The zero-order valence-corrected chi connectivity index (χ0v) is 8.51. The van der Waals surface area contributed by atoms with E-state index in [2.05, 4.69) is 42.2 Å². The number of rotatable bonds is 1. The predicted molar refractivity (Wildman–Crippen MR) is 61.9 cm³/mol. The first-order chi connectivity index (χ1) is 6.83. The fraction of sp³-hybridized carbons (Fsp3) is 0.231. The standard InChI is InChI=1S/C13H15N/c1-3-5-11-6-4-7-12-8-9-14-10(2)13(11)12/h3-7,14H,2,8-9H2,1H3/b5-3-. The minimum atomic E-state index is 1.01. The van der Waals surface area contributed by atoms with Crippen molar-refractivity contribution in [3.05, 3.63) is 47.5 Å². The normalized spacial score (nSPS) is 15.4. The fourth-order valence-electron chi connectivity index (χ4n) is 1.95. The summed E-state index contributed by atoms with van der Waals surface area (Å²) in [6.07, 6.45) is 5.30. The van der Waals surface area contributed by atoms with Gasteiger partial charge in [0.1, 0.15) is 0 Å². The second kappa shape index (κ2) is 3.70. The van der Waals surface area contributed by atoms with E-state index in [-0.39, 0.29) is 0 Å². The molecule has 0 bridgehead atoms. The molecule has 1 aliphatic rings. The number of benzene rings is 1. The van der Waals surface area contributed by atoms with E-state index in [4.69, 9.17) is 0 Å². The second-order valence-corrected chi connectivity index (χ2v) is 3.54. The molecule has 1 aliphatic heterocycles. The Bertz CT molecular complexity index is 388. The number of hydrogen-bond acceptors (Lipinski definition) is 1. The van der Waals surface area contributed by atoms with Crippen molar-refractivity contribution in [1.82, 2.24) is 5.32 Å². The van der Waals surface area contributed by atoms with Crippen LogP contribution in [0.5, 0.6) is 0 Å². The molecule has 0 aromatic heterocycles. The van der Waals surface area contributed by atoms with Crippen molar-refractivity contribution in [3.63, 3.8) is 0 Å². The second-order valence-electron chi connectivity index (χ2n) is 3.54. The summed E-state index contributed by atoms with van der Waals surface area (Å²) < 4.78 is 0. The Labute approximate surface area is 85.2 Å². The van der Waals surface area contributed by atoms with Gasteiger partial charge in [-0.25, -0.2) is 0 Å². The maximum Gasteiger partial charge on any atom is 0.0349 e. The molecule has 1 aromatic rings. The summed E-state index contributed by atoms with van der Waals surface area (Å²) in [6, 6.07) is 6.44. The van der Waals surface area contributed by atoms with Gasteiger partial charge in [0.25, 0.3) is 0 Å². The third kappa shape index (κ3) is 1.46. The van der Waals surface area contributed by atoms with E-state index in [0.717, 1.165) is 18.7 Å². The summed E-state index contributed by atoms with van der Waals surface area (Å²) in [7, 11) is 0. The van der Waals surface area contributed by atoms with Gasteiger partial charge >= 0.3 is 0 Å². The summed E-state index contributed by atoms with van der Waals surface area (Å²) in [5, 5.41) is 3.31. The molecule has 1 N–H and O–H groups in total. The summed E-state index contributed by atoms with van der Waals surface area (Å²) in [4.78, 5) is 0. The molecule has 1 heteroatoms. The third-order valence-electron chi connectivity index (χ3n) is 2.56. The van der Waals surface area contributed by atoms with E-state index in [0.29, 0.717) is 0 Å². The minimum absolute atomic E-state index is 1.01. The molecule has 72 valence electrons. The van der Waals surface area contributed by atoms with Crippen LogP contribution < -0.4 is 5.32 Å². The Kier molecular flexibility index (Phi) is 2.40. The molecule has 14 heavy (non-hydrogen) atoms. The molecule has 0 aliphatic carbocycles. The molecule has 0 unspecified atom stereocenters. The van der Waals surface area contributed by atoms with Crippen LogP contribution in [0, 0.1) is 0 Å². The number of nitrogens with one attached hydrogen (secondary N) is 1. The first-order valence-electron chi connectivity index (χ1n) is 5.00. The molecule has 0 saturated carbocycles. The third-order valence-corrected chi connectivity index (χ3v) is 2.56. The molecule has 0 amide bonds. The summed E-state index contributed by atoms with van der Waals surface area (Å²) in [5.41, 5.74) is 5.02. The molecule has 0 radical (unpaired) electrons. The van der Waals surface area contributed by atoms with Gasteiger partial charge in [-0.15, -0.1) is 0 Å². The highest BCUT2D eigenvalue weighted by atomic mass is 14.9. The first-order valence-corrected chi connectivity index (χ1v) is 5.00. The van der Waals surface area contributed by atoms with Crippen LogP contribution in [0.3, 0.4) is 0 Å².